The summed E-state index contributed by atoms with van der Waals surface area (Å²) in [6, 6.07) is 1.26. The third-order valence-electron chi connectivity index (χ3n) is 3.02. The van der Waals surface area contributed by atoms with Gasteiger partial charge in [-0.15, -0.1) is 0 Å². The molecule has 86 valence electrons. The average molecular weight is 218 g/mol. The van der Waals surface area contributed by atoms with Crippen molar-refractivity contribution in [3.05, 3.63) is 0 Å². The summed E-state index contributed by atoms with van der Waals surface area (Å²) in [6.45, 7) is 5.30. The van der Waals surface area contributed by atoms with Gasteiger partial charge in [-0.1, -0.05) is 13.8 Å². The Morgan fingerprint density at radius 3 is 2.14 bits per heavy atom. The predicted molar refractivity (Wildman–Crippen MR) is 68.0 cm³/mol. The Morgan fingerprint density at radius 2 is 1.79 bits per heavy atom. The van der Waals surface area contributed by atoms with Crippen LogP contribution in [0.1, 0.15) is 33.1 Å². The smallest absolute Gasteiger partial charge is 0.0226 e. The van der Waals surface area contributed by atoms with E-state index in [0.29, 0.717) is 12.1 Å². The van der Waals surface area contributed by atoms with Crippen LogP contribution >= 0.6 is 11.8 Å². The summed E-state index contributed by atoms with van der Waals surface area (Å²) in [5.74, 6) is 1.21. The maximum atomic E-state index is 5.81. The van der Waals surface area contributed by atoms with E-state index in [1.165, 1.54) is 25.0 Å². The molecule has 3 heteroatoms. The Kier molecular flexibility index (Phi) is 8.73. The Morgan fingerprint density at radius 1 is 1.21 bits per heavy atom. The Hall–Kier alpha value is 0.270. The first-order valence-electron chi connectivity index (χ1n) is 5.62. The second kappa shape index (κ2) is 8.57. The van der Waals surface area contributed by atoms with E-state index in [4.69, 9.17) is 5.73 Å². The lowest BCUT2D eigenvalue weighted by molar-refractivity contribution is 0.164. The number of thioether (sulfide) groups is 1. The molecule has 0 saturated heterocycles. The van der Waals surface area contributed by atoms with Crippen molar-refractivity contribution in [2.75, 3.05) is 25.6 Å². The minimum absolute atomic E-state index is 0.562. The number of hydrogen-bond donors (Lipinski definition) is 1. The van der Waals surface area contributed by atoms with Crippen molar-refractivity contribution < 1.29 is 0 Å². The first kappa shape index (κ1) is 14.3. The monoisotopic (exact) mass is 218 g/mol. The van der Waals surface area contributed by atoms with Crippen LogP contribution in [-0.4, -0.2) is 42.6 Å². The molecule has 0 radical (unpaired) electrons. The fourth-order valence-corrected chi connectivity index (χ4v) is 2.41. The summed E-state index contributed by atoms with van der Waals surface area (Å²) in [4.78, 5) is 2.47. The van der Waals surface area contributed by atoms with Gasteiger partial charge in [0.2, 0.25) is 0 Å². The highest BCUT2D eigenvalue weighted by Crippen LogP contribution is 2.13. The summed E-state index contributed by atoms with van der Waals surface area (Å²) in [6.07, 6.45) is 5.82. The maximum Gasteiger partial charge on any atom is 0.0226 e. The molecule has 2 N–H and O–H groups in total. The van der Waals surface area contributed by atoms with E-state index in [1.807, 2.05) is 11.8 Å². The van der Waals surface area contributed by atoms with Gasteiger partial charge < -0.3 is 5.73 Å². The van der Waals surface area contributed by atoms with Crippen LogP contribution in [-0.2, 0) is 0 Å². The second-order valence-electron chi connectivity index (χ2n) is 3.81. The van der Waals surface area contributed by atoms with Gasteiger partial charge in [0, 0.05) is 18.6 Å². The molecule has 0 fully saturated rings. The van der Waals surface area contributed by atoms with E-state index >= 15 is 0 Å². The van der Waals surface area contributed by atoms with Crippen molar-refractivity contribution in [3.63, 3.8) is 0 Å². The van der Waals surface area contributed by atoms with Crippen molar-refractivity contribution in [1.29, 1.82) is 0 Å². The van der Waals surface area contributed by atoms with Crippen LogP contribution in [0.3, 0.4) is 0 Å². The molecule has 0 rings (SSSR count). The lowest BCUT2D eigenvalue weighted by Gasteiger charge is -2.33. The van der Waals surface area contributed by atoms with Crippen molar-refractivity contribution in [3.8, 4) is 0 Å². The molecule has 0 bridgehead atoms. The third-order valence-corrected chi connectivity index (χ3v) is 3.67. The SMILES string of the molecule is CCC(CC)N(C)C(CN)CCSC. The van der Waals surface area contributed by atoms with Crippen LogP contribution in [0, 0.1) is 0 Å². The van der Waals surface area contributed by atoms with Crippen molar-refractivity contribution >= 4 is 11.8 Å². The van der Waals surface area contributed by atoms with Gasteiger partial charge in [0.1, 0.15) is 0 Å². The third kappa shape index (κ3) is 4.67. The largest absolute Gasteiger partial charge is 0.329 e. The fourth-order valence-electron chi connectivity index (χ4n) is 1.90. The number of rotatable bonds is 8. The molecule has 0 aliphatic heterocycles. The number of likely N-dealkylation sites (N-methyl/N-ethyl adjacent to an activating group) is 1. The Labute approximate surface area is 93.6 Å². The van der Waals surface area contributed by atoms with E-state index in [-0.39, 0.29) is 0 Å². The molecule has 0 saturated carbocycles. The molecular weight excluding hydrogens is 192 g/mol. The van der Waals surface area contributed by atoms with E-state index in [1.54, 1.807) is 0 Å². The van der Waals surface area contributed by atoms with Crippen molar-refractivity contribution in [2.24, 2.45) is 5.73 Å². The minimum Gasteiger partial charge on any atom is -0.329 e. The highest BCUT2D eigenvalue weighted by molar-refractivity contribution is 7.98. The quantitative estimate of drug-likeness (QED) is 0.677. The molecule has 0 aliphatic rings. The van der Waals surface area contributed by atoms with Crippen LogP contribution in [0.15, 0.2) is 0 Å². The maximum absolute atomic E-state index is 5.81. The number of nitrogens with zero attached hydrogens (tertiary/aromatic N) is 1. The predicted octanol–water partition coefficient (Wildman–Crippen LogP) is 2.19. The minimum atomic E-state index is 0.562. The van der Waals surface area contributed by atoms with Crippen molar-refractivity contribution in [1.82, 2.24) is 4.90 Å². The summed E-state index contributed by atoms with van der Waals surface area (Å²) < 4.78 is 0. The van der Waals surface area contributed by atoms with Gasteiger partial charge in [-0.2, -0.15) is 11.8 Å². The first-order valence-corrected chi connectivity index (χ1v) is 7.01. The molecular formula is C11H26N2S. The average Bonchev–Trinajstić information content (AvgIpc) is 2.21. The lowest BCUT2D eigenvalue weighted by atomic mass is 10.1. The molecule has 2 nitrogen and oxygen atoms in total. The zero-order chi connectivity index (χ0) is 11.0. The molecule has 1 atom stereocenters. The fraction of sp³-hybridized carbons (Fsp3) is 1.00. The highest BCUT2D eigenvalue weighted by Gasteiger charge is 2.18. The number of hydrogen-bond acceptors (Lipinski definition) is 3. The highest BCUT2D eigenvalue weighted by atomic mass is 32.2. The van der Waals surface area contributed by atoms with Crippen molar-refractivity contribution in [2.45, 2.75) is 45.2 Å². The van der Waals surface area contributed by atoms with Gasteiger partial charge in [-0.3, -0.25) is 4.90 Å². The molecule has 0 heterocycles. The van der Waals surface area contributed by atoms with Gasteiger partial charge in [-0.25, -0.2) is 0 Å². The molecule has 1 unspecified atom stereocenters. The summed E-state index contributed by atoms with van der Waals surface area (Å²) in [5.41, 5.74) is 5.81. The van der Waals surface area contributed by atoms with E-state index in [9.17, 15) is 0 Å². The Balaban J connectivity index is 4.06. The molecule has 0 aromatic heterocycles. The Bertz CT molecular complexity index is 126. The van der Waals surface area contributed by atoms with Crippen LogP contribution in [0.2, 0.25) is 0 Å². The van der Waals surface area contributed by atoms with E-state index < -0.39 is 0 Å². The van der Waals surface area contributed by atoms with Gasteiger partial charge in [0.25, 0.3) is 0 Å². The molecule has 0 amide bonds. The zero-order valence-electron chi connectivity index (χ0n) is 10.1. The molecule has 0 aromatic rings. The van der Waals surface area contributed by atoms with Gasteiger partial charge in [-0.05, 0) is 38.3 Å². The van der Waals surface area contributed by atoms with Crippen LogP contribution < -0.4 is 5.73 Å². The van der Waals surface area contributed by atoms with Crippen LogP contribution in [0.5, 0.6) is 0 Å². The molecule has 0 aliphatic carbocycles. The van der Waals surface area contributed by atoms with Crippen LogP contribution in [0.25, 0.3) is 0 Å². The first-order chi connectivity index (χ1) is 6.71. The van der Waals surface area contributed by atoms with Gasteiger partial charge in [0.15, 0.2) is 0 Å². The number of nitrogens with two attached hydrogens (primary N) is 1. The summed E-state index contributed by atoms with van der Waals surface area (Å²) >= 11 is 1.91. The van der Waals surface area contributed by atoms with E-state index in [0.717, 1.165) is 6.54 Å². The molecule has 0 spiro atoms. The van der Waals surface area contributed by atoms with E-state index in [2.05, 4.69) is 32.1 Å². The normalized spacial score (nSPS) is 13.9. The summed E-state index contributed by atoms with van der Waals surface area (Å²) in [7, 11) is 2.22. The summed E-state index contributed by atoms with van der Waals surface area (Å²) in [5, 5.41) is 0. The second-order valence-corrected chi connectivity index (χ2v) is 4.79. The molecule has 0 aromatic carbocycles. The zero-order valence-corrected chi connectivity index (χ0v) is 10.9. The van der Waals surface area contributed by atoms with Gasteiger partial charge in [0.05, 0.1) is 0 Å². The molecule has 14 heavy (non-hydrogen) atoms. The van der Waals surface area contributed by atoms with Gasteiger partial charge >= 0.3 is 0 Å². The topological polar surface area (TPSA) is 29.3 Å². The lowest BCUT2D eigenvalue weighted by Crippen LogP contribution is -2.44. The van der Waals surface area contributed by atoms with Crippen LogP contribution in [0.4, 0.5) is 0 Å². The standard InChI is InChI=1S/C11H26N2S/c1-5-10(6-2)13(3)11(9-12)7-8-14-4/h10-11H,5-9,12H2,1-4H3.